The third kappa shape index (κ3) is 3.65. The number of hydrogen-bond donors (Lipinski definition) is 2. The van der Waals surface area contributed by atoms with E-state index >= 15 is 0 Å². The molecule has 0 unspecified atom stereocenters. The molecular formula is C13H22N4O. The van der Waals surface area contributed by atoms with E-state index in [1.165, 1.54) is 0 Å². The Morgan fingerprint density at radius 1 is 1.33 bits per heavy atom. The summed E-state index contributed by atoms with van der Waals surface area (Å²) in [6.45, 7) is 5.68. The lowest BCUT2D eigenvalue weighted by Crippen LogP contribution is -2.36. The molecule has 1 aromatic rings. The van der Waals surface area contributed by atoms with E-state index < -0.39 is 0 Å². The average molecular weight is 250 g/mol. The van der Waals surface area contributed by atoms with Gasteiger partial charge in [-0.1, -0.05) is 6.92 Å². The van der Waals surface area contributed by atoms with Crippen LogP contribution in [0.5, 0.6) is 0 Å². The highest BCUT2D eigenvalue weighted by atomic mass is 16.3. The van der Waals surface area contributed by atoms with Crippen LogP contribution in [-0.2, 0) is 6.54 Å². The molecule has 1 saturated heterocycles. The van der Waals surface area contributed by atoms with Crippen molar-refractivity contribution in [1.82, 2.24) is 15.3 Å². The lowest BCUT2D eigenvalue weighted by atomic mass is 10.1. The number of aromatic nitrogens is 2. The molecule has 1 aliphatic heterocycles. The Balaban J connectivity index is 1.87. The van der Waals surface area contributed by atoms with Gasteiger partial charge in [0.05, 0.1) is 6.10 Å². The van der Waals surface area contributed by atoms with Crippen LogP contribution < -0.4 is 10.2 Å². The summed E-state index contributed by atoms with van der Waals surface area (Å²) < 4.78 is 0. The van der Waals surface area contributed by atoms with Crippen molar-refractivity contribution in [2.24, 2.45) is 0 Å². The molecule has 18 heavy (non-hydrogen) atoms. The number of rotatable bonds is 5. The van der Waals surface area contributed by atoms with E-state index in [9.17, 15) is 5.11 Å². The second-order valence-corrected chi connectivity index (χ2v) is 4.79. The van der Waals surface area contributed by atoms with E-state index in [1.807, 2.05) is 12.4 Å². The molecule has 1 fully saturated rings. The molecule has 0 spiro atoms. The zero-order valence-corrected chi connectivity index (χ0v) is 11.0. The van der Waals surface area contributed by atoms with Crippen molar-refractivity contribution < 1.29 is 5.11 Å². The molecule has 1 aromatic heterocycles. The standard InChI is InChI=1S/C13H22N4O/c1-2-5-14-8-11-9-15-13(16-10-11)17-6-3-12(18)4-7-17/h9-10,12,14,18H,2-8H2,1H3. The fourth-order valence-electron chi connectivity index (χ4n) is 2.08. The second-order valence-electron chi connectivity index (χ2n) is 4.79. The maximum atomic E-state index is 9.46. The third-order valence-electron chi connectivity index (χ3n) is 3.19. The predicted molar refractivity (Wildman–Crippen MR) is 71.5 cm³/mol. The topological polar surface area (TPSA) is 61.3 Å². The Labute approximate surface area is 108 Å². The Hall–Kier alpha value is -1.20. The predicted octanol–water partition coefficient (Wildman–Crippen LogP) is 0.937. The summed E-state index contributed by atoms with van der Waals surface area (Å²) in [7, 11) is 0. The minimum absolute atomic E-state index is 0.154. The molecule has 0 aliphatic carbocycles. The van der Waals surface area contributed by atoms with E-state index in [-0.39, 0.29) is 6.10 Å². The van der Waals surface area contributed by atoms with Crippen LogP contribution in [0.4, 0.5) is 5.95 Å². The van der Waals surface area contributed by atoms with E-state index in [1.54, 1.807) is 0 Å². The molecule has 2 rings (SSSR count). The molecule has 2 heterocycles. The molecule has 100 valence electrons. The Bertz CT molecular complexity index is 347. The molecular weight excluding hydrogens is 228 g/mol. The van der Waals surface area contributed by atoms with Crippen molar-refractivity contribution >= 4 is 5.95 Å². The van der Waals surface area contributed by atoms with Gasteiger partial charge in [-0.2, -0.15) is 0 Å². The van der Waals surface area contributed by atoms with Gasteiger partial charge >= 0.3 is 0 Å². The zero-order valence-electron chi connectivity index (χ0n) is 11.0. The van der Waals surface area contributed by atoms with Gasteiger partial charge in [-0.25, -0.2) is 9.97 Å². The van der Waals surface area contributed by atoms with Gasteiger partial charge in [0.1, 0.15) is 0 Å². The smallest absolute Gasteiger partial charge is 0.225 e. The van der Waals surface area contributed by atoms with Gasteiger partial charge in [0, 0.05) is 37.6 Å². The molecule has 0 bridgehead atoms. The van der Waals surface area contributed by atoms with Crippen LogP contribution in [-0.4, -0.2) is 40.8 Å². The van der Waals surface area contributed by atoms with Crippen molar-refractivity contribution in [3.8, 4) is 0 Å². The van der Waals surface area contributed by atoms with Crippen molar-refractivity contribution in [2.75, 3.05) is 24.5 Å². The number of hydrogen-bond acceptors (Lipinski definition) is 5. The number of piperidine rings is 1. The van der Waals surface area contributed by atoms with Crippen molar-refractivity contribution in [3.63, 3.8) is 0 Å². The van der Waals surface area contributed by atoms with Crippen LogP contribution in [0.3, 0.4) is 0 Å². The quantitative estimate of drug-likeness (QED) is 0.762. The summed E-state index contributed by atoms with van der Waals surface area (Å²) in [6.07, 6.45) is 6.37. The minimum atomic E-state index is -0.154. The lowest BCUT2D eigenvalue weighted by molar-refractivity contribution is 0.145. The fourth-order valence-corrected chi connectivity index (χ4v) is 2.08. The Morgan fingerprint density at radius 2 is 2.00 bits per heavy atom. The summed E-state index contributed by atoms with van der Waals surface area (Å²) in [4.78, 5) is 10.9. The maximum Gasteiger partial charge on any atom is 0.225 e. The molecule has 5 nitrogen and oxygen atoms in total. The Morgan fingerprint density at radius 3 is 2.61 bits per heavy atom. The van der Waals surface area contributed by atoms with E-state index in [0.717, 1.165) is 57.0 Å². The molecule has 0 saturated carbocycles. The number of aliphatic hydroxyl groups is 1. The Kier molecular flexibility index (Phi) is 4.90. The first-order chi connectivity index (χ1) is 8.79. The van der Waals surface area contributed by atoms with E-state index in [4.69, 9.17) is 0 Å². The fraction of sp³-hybridized carbons (Fsp3) is 0.692. The monoisotopic (exact) mass is 250 g/mol. The summed E-state index contributed by atoms with van der Waals surface area (Å²) in [5.41, 5.74) is 1.12. The van der Waals surface area contributed by atoms with Gasteiger partial charge in [0.2, 0.25) is 5.95 Å². The van der Waals surface area contributed by atoms with Crippen LogP contribution in [0.1, 0.15) is 31.7 Å². The molecule has 0 radical (unpaired) electrons. The number of anilines is 1. The number of nitrogens with zero attached hydrogens (tertiary/aromatic N) is 3. The summed E-state index contributed by atoms with van der Waals surface area (Å²) in [6, 6.07) is 0. The van der Waals surface area contributed by atoms with Gasteiger partial charge < -0.3 is 15.3 Å². The van der Waals surface area contributed by atoms with Crippen LogP contribution in [0.2, 0.25) is 0 Å². The highest BCUT2D eigenvalue weighted by molar-refractivity contribution is 5.30. The molecule has 1 aliphatic rings. The van der Waals surface area contributed by atoms with Gasteiger partial charge in [-0.3, -0.25) is 0 Å². The highest BCUT2D eigenvalue weighted by Crippen LogP contribution is 2.15. The van der Waals surface area contributed by atoms with Crippen molar-refractivity contribution in [2.45, 2.75) is 38.8 Å². The molecule has 0 aromatic carbocycles. The SMILES string of the molecule is CCCNCc1cnc(N2CCC(O)CC2)nc1. The van der Waals surface area contributed by atoms with Gasteiger partial charge in [0.25, 0.3) is 0 Å². The van der Waals surface area contributed by atoms with Crippen LogP contribution in [0, 0.1) is 0 Å². The maximum absolute atomic E-state index is 9.46. The normalized spacial score (nSPS) is 17.1. The van der Waals surface area contributed by atoms with Gasteiger partial charge in [0.15, 0.2) is 0 Å². The van der Waals surface area contributed by atoms with E-state index in [2.05, 4.69) is 27.1 Å². The first kappa shape index (κ1) is 13.2. The van der Waals surface area contributed by atoms with Crippen molar-refractivity contribution in [1.29, 1.82) is 0 Å². The van der Waals surface area contributed by atoms with E-state index in [0.29, 0.717) is 0 Å². The molecule has 0 amide bonds. The zero-order chi connectivity index (χ0) is 12.8. The first-order valence-electron chi connectivity index (χ1n) is 6.74. The summed E-state index contributed by atoms with van der Waals surface area (Å²) >= 11 is 0. The second kappa shape index (κ2) is 6.66. The number of nitrogens with one attached hydrogen (secondary N) is 1. The third-order valence-corrected chi connectivity index (χ3v) is 3.19. The van der Waals surface area contributed by atoms with Gasteiger partial charge in [-0.15, -0.1) is 0 Å². The average Bonchev–Trinajstić information content (AvgIpc) is 2.41. The van der Waals surface area contributed by atoms with Crippen LogP contribution >= 0.6 is 0 Å². The summed E-state index contributed by atoms with van der Waals surface area (Å²) in [5.74, 6) is 0.779. The van der Waals surface area contributed by atoms with Crippen LogP contribution in [0.25, 0.3) is 0 Å². The molecule has 2 N–H and O–H groups in total. The lowest BCUT2D eigenvalue weighted by Gasteiger charge is -2.29. The first-order valence-corrected chi connectivity index (χ1v) is 6.74. The van der Waals surface area contributed by atoms with Crippen LogP contribution in [0.15, 0.2) is 12.4 Å². The summed E-state index contributed by atoms with van der Waals surface area (Å²) in [5, 5.41) is 12.8. The van der Waals surface area contributed by atoms with Gasteiger partial charge in [-0.05, 0) is 25.8 Å². The highest BCUT2D eigenvalue weighted by Gasteiger charge is 2.18. The number of aliphatic hydroxyl groups excluding tert-OH is 1. The van der Waals surface area contributed by atoms with Crippen molar-refractivity contribution in [3.05, 3.63) is 18.0 Å². The molecule has 0 atom stereocenters. The molecule has 5 heteroatoms. The minimum Gasteiger partial charge on any atom is -0.393 e. The largest absolute Gasteiger partial charge is 0.393 e.